The van der Waals surface area contributed by atoms with Gasteiger partial charge in [0.2, 0.25) is 5.91 Å². The van der Waals surface area contributed by atoms with Crippen molar-refractivity contribution in [1.82, 2.24) is 10.2 Å². The number of para-hydroxylation sites is 1. The maximum absolute atomic E-state index is 12.8. The van der Waals surface area contributed by atoms with Crippen molar-refractivity contribution in [3.8, 4) is 0 Å². The summed E-state index contributed by atoms with van der Waals surface area (Å²) in [5.74, 6) is -0.449. The Morgan fingerprint density at radius 2 is 1.71 bits per heavy atom. The summed E-state index contributed by atoms with van der Waals surface area (Å²) >= 11 is 0. The van der Waals surface area contributed by atoms with E-state index in [9.17, 15) is 14.4 Å². The topological polar surface area (TPSA) is 105 Å². The Labute approximate surface area is 164 Å². The number of hydrogen-bond acceptors (Lipinski definition) is 3. The van der Waals surface area contributed by atoms with E-state index in [0.717, 1.165) is 23.2 Å². The highest BCUT2D eigenvalue weighted by Gasteiger charge is 2.18. The number of anilines is 1. The predicted octanol–water partition coefficient (Wildman–Crippen LogP) is 2.65. The van der Waals surface area contributed by atoms with E-state index in [4.69, 9.17) is 5.73 Å². The fourth-order valence-electron chi connectivity index (χ4n) is 2.74. The second-order valence-corrected chi connectivity index (χ2v) is 6.50. The molecule has 2 aromatic rings. The number of carbonyl (C=O) groups is 3. The molecule has 0 unspecified atom stereocenters. The van der Waals surface area contributed by atoms with Crippen molar-refractivity contribution in [1.29, 1.82) is 0 Å². The molecule has 0 aliphatic carbocycles. The highest BCUT2D eigenvalue weighted by atomic mass is 16.2. The summed E-state index contributed by atoms with van der Waals surface area (Å²) in [5, 5.41) is 5.35. The van der Waals surface area contributed by atoms with Crippen LogP contribution in [0.1, 0.15) is 34.8 Å². The van der Waals surface area contributed by atoms with Crippen molar-refractivity contribution in [3.05, 3.63) is 65.2 Å². The Morgan fingerprint density at radius 1 is 1.04 bits per heavy atom. The minimum absolute atomic E-state index is 0.0218. The van der Waals surface area contributed by atoms with Crippen molar-refractivity contribution in [2.45, 2.75) is 26.8 Å². The first-order valence-corrected chi connectivity index (χ1v) is 9.17. The fraction of sp³-hybridized carbons (Fsp3) is 0.286. The number of nitrogens with two attached hydrogens (primary N) is 1. The standard InChI is InChI=1S/C21H26N4O3/c1-3-12-25(14-19(26)24-18-7-5-4-6-15(18)2)20(27)17-10-8-16(9-11-17)13-23-21(22)28/h4-11H,3,12-14H2,1-2H3,(H,24,26)(H3,22,23,28). The van der Waals surface area contributed by atoms with E-state index in [1.54, 1.807) is 24.3 Å². The molecule has 0 fully saturated rings. The molecule has 0 bridgehead atoms. The van der Waals surface area contributed by atoms with E-state index in [0.29, 0.717) is 18.7 Å². The maximum atomic E-state index is 12.8. The van der Waals surface area contributed by atoms with Gasteiger partial charge in [-0.2, -0.15) is 0 Å². The number of nitrogens with zero attached hydrogens (tertiary/aromatic N) is 1. The van der Waals surface area contributed by atoms with E-state index in [2.05, 4.69) is 10.6 Å². The molecule has 2 rings (SSSR count). The van der Waals surface area contributed by atoms with Crippen molar-refractivity contribution >= 4 is 23.5 Å². The lowest BCUT2D eigenvalue weighted by molar-refractivity contribution is -0.116. The summed E-state index contributed by atoms with van der Waals surface area (Å²) in [6, 6.07) is 13.8. The average Bonchev–Trinajstić information content (AvgIpc) is 2.67. The molecular weight excluding hydrogens is 356 g/mol. The number of urea groups is 1. The largest absolute Gasteiger partial charge is 0.352 e. The third-order valence-corrected chi connectivity index (χ3v) is 4.20. The van der Waals surface area contributed by atoms with Crippen molar-refractivity contribution in [3.63, 3.8) is 0 Å². The quantitative estimate of drug-likeness (QED) is 0.654. The van der Waals surface area contributed by atoms with Gasteiger partial charge in [0.15, 0.2) is 0 Å². The SMILES string of the molecule is CCCN(CC(=O)Nc1ccccc1C)C(=O)c1ccc(CNC(N)=O)cc1. The molecule has 2 aromatic carbocycles. The number of benzene rings is 2. The van der Waals surface area contributed by atoms with E-state index in [1.807, 2.05) is 38.1 Å². The van der Waals surface area contributed by atoms with Gasteiger partial charge in [-0.15, -0.1) is 0 Å². The molecule has 0 aliphatic rings. The van der Waals surface area contributed by atoms with Gasteiger partial charge in [0, 0.05) is 24.3 Å². The fourth-order valence-corrected chi connectivity index (χ4v) is 2.74. The van der Waals surface area contributed by atoms with Gasteiger partial charge in [0.05, 0.1) is 0 Å². The molecule has 0 spiro atoms. The summed E-state index contributed by atoms with van der Waals surface area (Å²) in [7, 11) is 0. The summed E-state index contributed by atoms with van der Waals surface area (Å²) < 4.78 is 0. The monoisotopic (exact) mass is 382 g/mol. The molecular formula is C21H26N4O3. The van der Waals surface area contributed by atoms with Crippen molar-refractivity contribution in [2.75, 3.05) is 18.4 Å². The van der Waals surface area contributed by atoms with Gasteiger partial charge in [0.1, 0.15) is 6.54 Å². The van der Waals surface area contributed by atoms with Crippen LogP contribution in [0.2, 0.25) is 0 Å². The minimum atomic E-state index is -0.603. The summed E-state index contributed by atoms with van der Waals surface area (Å²) in [6.45, 7) is 4.62. The van der Waals surface area contributed by atoms with Crippen LogP contribution >= 0.6 is 0 Å². The van der Waals surface area contributed by atoms with E-state index in [-0.39, 0.29) is 18.4 Å². The lowest BCUT2D eigenvalue weighted by Crippen LogP contribution is -2.38. The second-order valence-electron chi connectivity index (χ2n) is 6.50. The highest BCUT2D eigenvalue weighted by Crippen LogP contribution is 2.14. The summed E-state index contributed by atoms with van der Waals surface area (Å²) in [5.41, 5.74) is 8.07. The normalized spacial score (nSPS) is 10.2. The number of carbonyl (C=O) groups excluding carboxylic acids is 3. The van der Waals surface area contributed by atoms with Crippen LogP contribution in [0, 0.1) is 6.92 Å². The van der Waals surface area contributed by atoms with Gasteiger partial charge in [-0.25, -0.2) is 4.79 Å². The lowest BCUT2D eigenvalue weighted by atomic mass is 10.1. The molecule has 4 amide bonds. The zero-order valence-corrected chi connectivity index (χ0v) is 16.2. The predicted molar refractivity (Wildman–Crippen MR) is 109 cm³/mol. The zero-order chi connectivity index (χ0) is 20.5. The molecule has 28 heavy (non-hydrogen) atoms. The van der Waals surface area contributed by atoms with Crippen LogP contribution in [-0.4, -0.2) is 35.8 Å². The van der Waals surface area contributed by atoms with E-state index < -0.39 is 6.03 Å². The summed E-state index contributed by atoms with van der Waals surface area (Å²) in [4.78, 5) is 37.6. The van der Waals surface area contributed by atoms with Crippen LogP contribution in [-0.2, 0) is 11.3 Å². The van der Waals surface area contributed by atoms with E-state index in [1.165, 1.54) is 4.90 Å². The number of hydrogen-bond donors (Lipinski definition) is 3. The van der Waals surface area contributed by atoms with Crippen molar-refractivity contribution < 1.29 is 14.4 Å². The van der Waals surface area contributed by atoms with Crippen molar-refractivity contribution in [2.24, 2.45) is 5.73 Å². The average molecular weight is 382 g/mol. The Kier molecular flexibility index (Phi) is 7.56. The van der Waals surface area contributed by atoms with Gasteiger partial charge in [-0.05, 0) is 42.7 Å². The Morgan fingerprint density at radius 3 is 2.32 bits per heavy atom. The minimum Gasteiger partial charge on any atom is -0.352 e. The lowest BCUT2D eigenvalue weighted by Gasteiger charge is -2.22. The third-order valence-electron chi connectivity index (χ3n) is 4.20. The smallest absolute Gasteiger partial charge is 0.312 e. The first kappa shape index (κ1) is 21.0. The van der Waals surface area contributed by atoms with Gasteiger partial charge in [-0.1, -0.05) is 37.3 Å². The van der Waals surface area contributed by atoms with Gasteiger partial charge in [-0.3, -0.25) is 9.59 Å². The number of primary amides is 1. The van der Waals surface area contributed by atoms with Crippen LogP contribution in [0.4, 0.5) is 10.5 Å². The first-order valence-electron chi connectivity index (χ1n) is 9.17. The zero-order valence-electron chi connectivity index (χ0n) is 16.2. The highest BCUT2D eigenvalue weighted by molar-refractivity contribution is 5.99. The number of nitrogens with one attached hydrogen (secondary N) is 2. The second kappa shape index (κ2) is 10.1. The third kappa shape index (κ3) is 6.12. The Balaban J connectivity index is 2.03. The Hall–Kier alpha value is -3.35. The van der Waals surface area contributed by atoms with Crippen LogP contribution < -0.4 is 16.4 Å². The van der Waals surface area contributed by atoms with Crippen LogP contribution in [0.5, 0.6) is 0 Å². The molecule has 0 saturated carbocycles. The maximum Gasteiger partial charge on any atom is 0.312 e. The van der Waals surface area contributed by atoms with Gasteiger partial charge >= 0.3 is 6.03 Å². The molecule has 0 atom stereocenters. The molecule has 0 aromatic heterocycles. The van der Waals surface area contributed by atoms with Crippen LogP contribution in [0.25, 0.3) is 0 Å². The molecule has 7 nitrogen and oxygen atoms in total. The van der Waals surface area contributed by atoms with Crippen LogP contribution in [0.15, 0.2) is 48.5 Å². The number of aryl methyl sites for hydroxylation is 1. The number of rotatable bonds is 8. The molecule has 148 valence electrons. The molecule has 7 heteroatoms. The molecule has 0 saturated heterocycles. The van der Waals surface area contributed by atoms with Crippen LogP contribution in [0.3, 0.4) is 0 Å². The first-order chi connectivity index (χ1) is 13.4. The molecule has 4 N–H and O–H groups in total. The van der Waals surface area contributed by atoms with Gasteiger partial charge < -0.3 is 21.3 Å². The van der Waals surface area contributed by atoms with E-state index >= 15 is 0 Å². The van der Waals surface area contributed by atoms with Gasteiger partial charge in [0.25, 0.3) is 5.91 Å². The molecule has 0 radical (unpaired) electrons. The molecule has 0 aliphatic heterocycles. The number of amides is 4. The molecule has 0 heterocycles. The summed E-state index contributed by atoms with van der Waals surface area (Å²) in [6.07, 6.45) is 0.740. The Bertz CT molecular complexity index is 834.